The van der Waals surface area contributed by atoms with Crippen molar-refractivity contribution in [1.82, 2.24) is 10.3 Å². The summed E-state index contributed by atoms with van der Waals surface area (Å²) in [5, 5.41) is 12.0. The summed E-state index contributed by atoms with van der Waals surface area (Å²) in [5.74, 6) is 1.29. The summed E-state index contributed by atoms with van der Waals surface area (Å²) in [6.07, 6.45) is 4.13. The number of carbonyl (C=O) groups excluding carboxylic acids is 1. The lowest BCUT2D eigenvalue weighted by Gasteiger charge is -2.34. The SMILES string of the molecule is N#Cc1cccc(N2CCCC(NC(=O)C3CC3)C2)n1. The van der Waals surface area contributed by atoms with Gasteiger partial charge in [-0.3, -0.25) is 4.79 Å². The van der Waals surface area contributed by atoms with Crippen LogP contribution in [-0.4, -0.2) is 30.0 Å². The number of rotatable bonds is 3. The Balaban J connectivity index is 1.64. The first kappa shape index (κ1) is 12.9. The van der Waals surface area contributed by atoms with Gasteiger partial charge in [0.15, 0.2) is 0 Å². The van der Waals surface area contributed by atoms with Crippen molar-refractivity contribution in [1.29, 1.82) is 5.26 Å². The normalized spacial score (nSPS) is 22.1. The number of piperidine rings is 1. The third kappa shape index (κ3) is 2.90. The summed E-state index contributed by atoms with van der Waals surface area (Å²) < 4.78 is 0. The van der Waals surface area contributed by atoms with Gasteiger partial charge < -0.3 is 10.2 Å². The number of anilines is 1. The van der Waals surface area contributed by atoms with Crippen molar-refractivity contribution in [3.8, 4) is 6.07 Å². The van der Waals surface area contributed by atoms with Crippen molar-refractivity contribution < 1.29 is 4.79 Å². The van der Waals surface area contributed by atoms with Crippen LogP contribution >= 0.6 is 0 Å². The Hall–Kier alpha value is -2.09. The minimum absolute atomic E-state index is 0.199. The van der Waals surface area contributed by atoms with Gasteiger partial charge in [-0.25, -0.2) is 4.98 Å². The molecule has 1 saturated carbocycles. The number of carbonyl (C=O) groups is 1. The van der Waals surface area contributed by atoms with E-state index >= 15 is 0 Å². The van der Waals surface area contributed by atoms with Gasteiger partial charge in [-0.15, -0.1) is 0 Å². The van der Waals surface area contributed by atoms with Crippen LogP contribution in [0.2, 0.25) is 0 Å². The lowest BCUT2D eigenvalue weighted by atomic mass is 10.1. The fourth-order valence-electron chi connectivity index (χ4n) is 2.63. The van der Waals surface area contributed by atoms with E-state index in [0.717, 1.165) is 44.6 Å². The number of nitrogens with zero attached hydrogens (tertiary/aromatic N) is 3. The second-order valence-electron chi connectivity index (χ2n) is 5.56. The molecule has 5 nitrogen and oxygen atoms in total. The van der Waals surface area contributed by atoms with E-state index in [4.69, 9.17) is 5.26 Å². The van der Waals surface area contributed by atoms with E-state index < -0.39 is 0 Å². The molecule has 1 N–H and O–H groups in total. The fraction of sp³-hybridized carbons (Fsp3) is 0.533. The minimum atomic E-state index is 0.199. The number of nitrogens with one attached hydrogen (secondary N) is 1. The van der Waals surface area contributed by atoms with Gasteiger partial charge in [0.1, 0.15) is 17.6 Å². The van der Waals surface area contributed by atoms with Crippen LogP contribution in [0.3, 0.4) is 0 Å². The lowest BCUT2D eigenvalue weighted by molar-refractivity contribution is -0.123. The molecule has 20 heavy (non-hydrogen) atoms. The van der Waals surface area contributed by atoms with E-state index in [1.165, 1.54) is 0 Å². The average molecular weight is 270 g/mol. The average Bonchev–Trinajstić information content (AvgIpc) is 3.32. The monoisotopic (exact) mass is 270 g/mol. The molecule has 0 aromatic carbocycles. The number of aromatic nitrogens is 1. The first-order valence-corrected chi connectivity index (χ1v) is 7.19. The highest BCUT2D eigenvalue weighted by atomic mass is 16.2. The minimum Gasteiger partial charge on any atom is -0.355 e. The Morgan fingerprint density at radius 1 is 1.40 bits per heavy atom. The zero-order chi connectivity index (χ0) is 13.9. The molecule has 1 unspecified atom stereocenters. The number of pyridine rings is 1. The molecule has 0 spiro atoms. The molecule has 1 aliphatic heterocycles. The Kier molecular flexibility index (Phi) is 3.55. The number of amides is 1. The van der Waals surface area contributed by atoms with Crippen molar-refractivity contribution in [3.63, 3.8) is 0 Å². The Bertz CT molecular complexity index is 547. The highest BCUT2D eigenvalue weighted by Gasteiger charge is 2.32. The summed E-state index contributed by atoms with van der Waals surface area (Å²) in [4.78, 5) is 18.3. The molecule has 1 amide bonds. The predicted molar refractivity (Wildman–Crippen MR) is 75.1 cm³/mol. The van der Waals surface area contributed by atoms with Gasteiger partial charge in [-0.05, 0) is 37.8 Å². The largest absolute Gasteiger partial charge is 0.355 e. The maximum absolute atomic E-state index is 11.8. The van der Waals surface area contributed by atoms with Crippen LogP contribution in [0.5, 0.6) is 0 Å². The highest BCUT2D eigenvalue weighted by molar-refractivity contribution is 5.81. The number of nitriles is 1. The van der Waals surface area contributed by atoms with E-state index in [1.807, 2.05) is 12.1 Å². The molecular formula is C15H18N4O. The quantitative estimate of drug-likeness (QED) is 0.902. The van der Waals surface area contributed by atoms with Crippen LogP contribution in [0.4, 0.5) is 5.82 Å². The van der Waals surface area contributed by atoms with Crippen LogP contribution in [0.1, 0.15) is 31.4 Å². The molecule has 1 aromatic rings. The highest BCUT2D eigenvalue weighted by Crippen LogP contribution is 2.29. The molecule has 0 bridgehead atoms. The lowest BCUT2D eigenvalue weighted by Crippen LogP contribution is -2.48. The third-order valence-electron chi connectivity index (χ3n) is 3.89. The maximum atomic E-state index is 11.8. The molecule has 5 heteroatoms. The van der Waals surface area contributed by atoms with Gasteiger partial charge in [0, 0.05) is 25.0 Å². The summed E-state index contributed by atoms with van der Waals surface area (Å²) in [7, 11) is 0. The fourth-order valence-corrected chi connectivity index (χ4v) is 2.63. The topological polar surface area (TPSA) is 69.0 Å². The van der Waals surface area contributed by atoms with E-state index in [-0.39, 0.29) is 17.9 Å². The summed E-state index contributed by atoms with van der Waals surface area (Å²) in [6, 6.07) is 7.75. The van der Waals surface area contributed by atoms with E-state index in [2.05, 4.69) is 21.3 Å². The Morgan fingerprint density at radius 3 is 3.00 bits per heavy atom. The second kappa shape index (κ2) is 5.49. The summed E-state index contributed by atoms with van der Waals surface area (Å²) in [6.45, 7) is 1.71. The molecule has 2 aliphatic rings. The van der Waals surface area contributed by atoms with Gasteiger partial charge in [-0.2, -0.15) is 5.26 Å². The first-order chi connectivity index (χ1) is 9.76. The predicted octanol–water partition coefficient (Wildman–Crippen LogP) is 1.45. The van der Waals surface area contributed by atoms with Crippen molar-refractivity contribution in [2.75, 3.05) is 18.0 Å². The molecule has 1 saturated heterocycles. The van der Waals surface area contributed by atoms with E-state index in [9.17, 15) is 4.79 Å². The van der Waals surface area contributed by atoms with Crippen LogP contribution in [-0.2, 0) is 4.79 Å². The molecule has 1 aromatic heterocycles. The summed E-state index contributed by atoms with van der Waals surface area (Å²) >= 11 is 0. The summed E-state index contributed by atoms with van der Waals surface area (Å²) in [5.41, 5.74) is 0.437. The van der Waals surface area contributed by atoms with Gasteiger partial charge in [0.2, 0.25) is 5.91 Å². The molecular weight excluding hydrogens is 252 g/mol. The van der Waals surface area contributed by atoms with E-state index in [0.29, 0.717) is 5.69 Å². The van der Waals surface area contributed by atoms with E-state index in [1.54, 1.807) is 6.07 Å². The standard InChI is InChI=1S/C15H18N4O/c16-9-12-3-1-5-14(17-12)19-8-2-4-13(10-19)18-15(20)11-6-7-11/h1,3,5,11,13H,2,4,6-8,10H2,(H,18,20). The van der Waals surface area contributed by atoms with Crippen molar-refractivity contribution in [2.45, 2.75) is 31.7 Å². The third-order valence-corrected chi connectivity index (χ3v) is 3.89. The smallest absolute Gasteiger partial charge is 0.223 e. The molecule has 104 valence electrons. The van der Waals surface area contributed by atoms with Gasteiger partial charge in [-0.1, -0.05) is 6.07 Å². The van der Waals surface area contributed by atoms with Crippen molar-refractivity contribution in [2.24, 2.45) is 5.92 Å². The Labute approximate surface area is 118 Å². The zero-order valence-electron chi connectivity index (χ0n) is 11.4. The second-order valence-corrected chi connectivity index (χ2v) is 5.56. The van der Waals surface area contributed by atoms with Crippen LogP contribution < -0.4 is 10.2 Å². The molecule has 2 heterocycles. The number of hydrogen-bond acceptors (Lipinski definition) is 4. The van der Waals surface area contributed by atoms with Crippen molar-refractivity contribution in [3.05, 3.63) is 23.9 Å². The molecule has 2 fully saturated rings. The molecule has 0 radical (unpaired) electrons. The van der Waals surface area contributed by atoms with Crippen LogP contribution in [0, 0.1) is 17.2 Å². The van der Waals surface area contributed by atoms with Crippen molar-refractivity contribution >= 4 is 11.7 Å². The van der Waals surface area contributed by atoms with Gasteiger partial charge in [0.25, 0.3) is 0 Å². The number of hydrogen-bond donors (Lipinski definition) is 1. The zero-order valence-corrected chi connectivity index (χ0v) is 11.4. The van der Waals surface area contributed by atoms with Crippen LogP contribution in [0.15, 0.2) is 18.2 Å². The molecule has 1 aliphatic carbocycles. The first-order valence-electron chi connectivity index (χ1n) is 7.19. The van der Waals surface area contributed by atoms with Gasteiger partial charge in [0.05, 0.1) is 0 Å². The Morgan fingerprint density at radius 2 is 2.25 bits per heavy atom. The molecule has 3 rings (SSSR count). The molecule has 1 atom stereocenters. The van der Waals surface area contributed by atoms with Crippen LogP contribution in [0.25, 0.3) is 0 Å². The maximum Gasteiger partial charge on any atom is 0.223 e. The van der Waals surface area contributed by atoms with Gasteiger partial charge >= 0.3 is 0 Å².